The highest BCUT2D eigenvalue weighted by molar-refractivity contribution is 5.75. The van der Waals surface area contributed by atoms with Crippen LogP contribution in [0.1, 0.15) is 19.3 Å². The third kappa shape index (κ3) is 4.06. The average molecular weight is 280 g/mol. The van der Waals surface area contributed by atoms with E-state index >= 15 is 0 Å². The summed E-state index contributed by atoms with van der Waals surface area (Å²) in [5, 5.41) is 9.90. The van der Waals surface area contributed by atoms with Gasteiger partial charge in [-0.1, -0.05) is 0 Å². The Morgan fingerprint density at radius 1 is 1.55 bits per heavy atom. The minimum Gasteiger partial charge on any atom is -0.383 e. The van der Waals surface area contributed by atoms with Crippen LogP contribution in [0.2, 0.25) is 0 Å². The number of rotatable bonds is 7. The molecule has 1 aliphatic carbocycles. The Morgan fingerprint density at radius 2 is 2.35 bits per heavy atom. The number of amides is 1. The fraction of sp³-hybridized carbons (Fsp3) is 0.615. The lowest BCUT2D eigenvalue weighted by Gasteiger charge is -2.27. The van der Waals surface area contributed by atoms with E-state index in [-0.39, 0.29) is 18.0 Å². The predicted octanol–water partition coefficient (Wildman–Crippen LogP) is -0.0297. The summed E-state index contributed by atoms with van der Waals surface area (Å²) >= 11 is 0. The van der Waals surface area contributed by atoms with Crippen molar-refractivity contribution in [3.63, 3.8) is 0 Å². The van der Waals surface area contributed by atoms with Crippen LogP contribution in [0.4, 0.5) is 5.69 Å². The SMILES string of the molecule is COCCNC(=O)Cn1ncc(NC2CCC2)cc1=O. The van der Waals surface area contributed by atoms with E-state index in [4.69, 9.17) is 4.74 Å². The van der Waals surface area contributed by atoms with Crippen LogP contribution in [0.25, 0.3) is 0 Å². The normalized spacial score (nSPS) is 14.7. The summed E-state index contributed by atoms with van der Waals surface area (Å²) in [6, 6.07) is 1.93. The van der Waals surface area contributed by atoms with Gasteiger partial charge in [-0.25, -0.2) is 4.68 Å². The molecule has 7 nitrogen and oxygen atoms in total. The molecule has 2 N–H and O–H groups in total. The van der Waals surface area contributed by atoms with Crippen LogP contribution >= 0.6 is 0 Å². The maximum absolute atomic E-state index is 11.8. The van der Waals surface area contributed by atoms with Crippen LogP contribution in [-0.4, -0.2) is 42.0 Å². The number of ether oxygens (including phenoxy) is 1. The van der Waals surface area contributed by atoms with E-state index in [1.807, 2.05) is 0 Å². The van der Waals surface area contributed by atoms with Crippen molar-refractivity contribution >= 4 is 11.6 Å². The van der Waals surface area contributed by atoms with Gasteiger partial charge in [-0.2, -0.15) is 5.10 Å². The molecule has 20 heavy (non-hydrogen) atoms. The standard InChI is InChI=1S/C13H20N4O3/c1-20-6-5-14-12(18)9-17-13(19)7-11(8-15-17)16-10-3-2-4-10/h7-8,10,16H,2-6,9H2,1H3,(H,14,18). The molecule has 1 aromatic rings. The second-order valence-electron chi connectivity index (χ2n) is 4.86. The number of nitrogens with one attached hydrogen (secondary N) is 2. The predicted molar refractivity (Wildman–Crippen MR) is 74.6 cm³/mol. The minimum atomic E-state index is -0.281. The number of nitrogens with zero attached hydrogens (tertiary/aromatic N) is 2. The number of hydrogen-bond acceptors (Lipinski definition) is 5. The van der Waals surface area contributed by atoms with Gasteiger partial charge in [0.15, 0.2) is 0 Å². The van der Waals surface area contributed by atoms with Crippen LogP contribution in [0.15, 0.2) is 17.1 Å². The first-order valence-electron chi connectivity index (χ1n) is 6.78. The summed E-state index contributed by atoms with van der Waals surface area (Å²) in [6.45, 7) is 0.788. The van der Waals surface area contributed by atoms with Crippen molar-refractivity contribution in [2.45, 2.75) is 31.8 Å². The highest BCUT2D eigenvalue weighted by Crippen LogP contribution is 2.21. The first-order chi connectivity index (χ1) is 9.69. The molecular formula is C13H20N4O3. The molecule has 0 radical (unpaired) electrons. The van der Waals surface area contributed by atoms with Gasteiger partial charge in [0.2, 0.25) is 5.91 Å². The molecule has 1 aliphatic rings. The van der Waals surface area contributed by atoms with Crippen molar-refractivity contribution in [2.24, 2.45) is 0 Å². The molecule has 0 atom stereocenters. The number of aromatic nitrogens is 2. The van der Waals surface area contributed by atoms with Crippen molar-refractivity contribution in [3.05, 3.63) is 22.6 Å². The van der Waals surface area contributed by atoms with Crippen LogP contribution in [-0.2, 0) is 16.1 Å². The number of carbonyl (C=O) groups excluding carboxylic acids is 1. The van der Waals surface area contributed by atoms with Gasteiger partial charge in [-0.3, -0.25) is 9.59 Å². The Labute approximate surface area is 117 Å². The van der Waals surface area contributed by atoms with E-state index in [1.54, 1.807) is 13.3 Å². The lowest BCUT2D eigenvalue weighted by Crippen LogP contribution is -2.35. The Hall–Kier alpha value is -1.89. The fourth-order valence-corrected chi connectivity index (χ4v) is 1.90. The van der Waals surface area contributed by atoms with Crippen LogP contribution in [0, 0.1) is 0 Å². The van der Waals surface area contributed by atoms with Crippen molar-refractivity contribution in [1.29, 1.82) is 0 Å². The van der Waals surface area contributed by atoms with E-state index in [0.29, 0.717) is 19.2 Å². The Bertz CT molecular complexity index is 511. The van der Waals surface area contributed by atoms with Gasteiger partial charge in [0, 0.05) is 25.8 Å². The number of anilines is 1. The fourth-order valence-electron chi connectivity index (χ4n) is 1.90. The highest BCUT2D eigenvalue weighted by atomic mass is 16.5. The Balaban J connectivity index is 1.88. The van der Waals surface area contributed by atoms with E-state index in [0.717, 1.165) is 23.2 Å². The second kappa shape index (κ2) is 7.04. The van der Waals surface area contributed by atoms with Crippen molar-refractivity contribution < 1.29 is 9.53 Å². The smallest absolute Gasteiger partial charge is 0.269 e. The summed E-state index contributed by atoms with van der Waals surface area (Å²) in [5.74, 6) is -0.253. The molecule has 1 amide bonds. The van der Waals surface area contributed by atoms with Gasteiger partial charge in [0.05, 0.1) is 18.5 Å². The summed E-state index contributed by atoms with van der Waals surface area (Å²) in [5.41, 5.74) is 0.437. The molecule has 0 bridgehead atoms. The molecule has 0 aliphatic heterocycles. The highest BCUT2D eigenvalue weighted by Gasteiger charge is 2.17. The van der Waals surface area contributed by atoms with Crippen LogP contribution < -0.4 is 16.2 Å². The molecule has 0 saturated heterocycles. The monoisotopic (exact) mass is 280 g/mol. The molecule has 0 aromatic carbocycles. The summed E-state index contributed by atoms with van der Waals surface area (Å²) in [6.07, 6.45) is 5.07. The second-order valence-corrected chi connectivity index (χ2v) is 4.86. The van der Waals surface area contributed by atoms with Crippen LogP contribution in [0.5, 0.6) is 0 Å². The quantitative estimate of drug-likeness (QED) is 0.685. The first-order valence-corrected chi connectivity index (χ1v) is 6.78. The number of hydrogen-bond donors (Lipinski definition) is 2. The van der Waals surface area contributed by atoms with Gasteiger partial charge >= 0.3 is 0 Å². The zero-order valence-electron chi connectivity index (χ0n) is 11.6. The van der Waals surface area contributed by atoms with E-state index in [1.165, 1.54) is 12.5 Å². The van der Waals surface area contributed by atoms with Gasteiger partial charge in [-0.15, -0.1) is 0 Å². The number of carbonyl (C=O) groups is 1. The van der Waals surface area contributed by atoms with Crippen molar-refractivity contribution in [3.8, 4) is 0 Å². The number of methoxy groups -OCH3 is 1. The van der Waals surface area contributed by atoms with Crippen molar-refractivity contribution in [1.82, 2.24) is 15.1 Å². The zero-order valence-corrected chi connectivity index (χ0v) is 11.6. The molecule has 0 unspecified atom stereocenters. The van der Waals surface area contributed by atoms with E-state index in [9.17, 15) is 9.59 Å². The van der Waals surface area contributed by atoms with E-state index < -0.39 is 0 Å². The van der Waals surface area contributed by atoms with Crippen LogP contribution in [0.3, 0.4) is 0 Å². The largest absolute Gasteiger partial charge is 0.383 e. The third-order valence-corrected chi connectivity index (χ3v) is 3.27. The third-order valence-electron chi connectivity index (χ3n) is 3.27. The lowest BCUT2D eigenvalue weighted by molar-refractivity contribution is -0.122. The van der Waals surface area contributed by atoms with Crippen molar-refractivity contribution in [2.75, 3.05) is 25.6 Å². The van der Waals surface area contributed by atoms with Gasteiger partial charge < -0.3 is 15.4 Å². The maximum Gasteiger partial charge on any atom is 0.269 e. The molecule has 1 aromatic heterocycles. The topological polar surface area (TPSA) is 85.2 Å². The summed E-state index contributed by atoms with van der Waals surface area (Å²) in [7, 11) is 1.56. The lowest BCUT2D eigenvalue weighted by atomic mass is 9.93. The van der Waals surface area contributed by atoms with Gasteiger partial charge in [-0.05, 0) is 19.3 Å². The molecule has 110 valence electrons. The Kier molecular flexibility index (Phi) is 5.11. The summed E-state index contributed by atoms with van der Waals surface area (Å²) < 4.78 is 5.97. The molecular weight excluding hydrogens is 260 g/mol. The van der Waals surface area contributed by atoms with Gasteiger partial charge in [0.25, 0.3) is 5.56 Å². The average Bonchev–Trinajstić information content (AvgIpc) is 2.37. The molecule has 7 heteroatoms. The minimum absolute atomic E-state index is 0.0771. The van der Waals surface area contributed by atoms with E-state index in [2.05, 4.69) is 15.7 Å². The molecule has 0 spiro atoms. The van der Waals surface area contributed by atoms with Gasteiger partial charge in [0.1, 0.15) is 6.54 Å². The molecule has 1 fully saturated rings. The first kappa shape index (κ1) is 14.5. The molecule has 1 heterocycles. The Morgan fingerprint density at radius 3 is 2.95 bits per heavy atom. The zero-order chi connectivity index (χ0) is 14.4. The summed E-state index contributed by atoms with van der Waals surface area (Å²) in [4.78, 5) is 23.4. The molecule has 1 saturated carbocycles. The maximum atomic E-state index is 11.8. The molecule has 2 rings (SSSR count).